The van der Waals surface area contributed by atoms with E-state index >= 15 is 0 Å². The first kappa shape index (κ1) is 15.9. The summed E-state index contributed by atoms with van der Waals surface area (Å²) in [7, 11) is 3.60. The van der Waals surface area contributed by atoms with Crippen LogP contribution in [0.15, 0.2) is 33.7 Å². The van der Waals surface area contributed by atoms with Gasteiger partial charge in [0.05, 0.1) is 12.6 Å². The second-order valence-electron chi connectivity index (χ2n) is 4.35. The number of nitrogens with one attached hydrogen (secondary N) is 1. The zero-order chi connectivity index (χ0) is 14.3. The Morgan fingerprint density at radius 3 is 2.79 bits per heavy atom. The van der Waals surface area contributed by atoms with Gasteiger partial charge >= 0.3 is 0 Å². The van der Waals surface area contributed by atoms with E-state index in [2.05, 4.69) is 32.4 Å². The fourth-order valence-electron chi connectivity index (χ4n) is 1.69. The van der Waals surface area contributed by atoms with E-state index in [1.165, 1.54) is 5.56 Å². The number of hydrazine groups is 1. The molecule has 0 saturated heterocycles. The van der Waals surface area contributed by atoms with Gasteiger partial charge in [-0.2, -0.15) is 0 Å². The quantitative estimate of drug-likeness (QED) is 0.374. The van der Waals surface area contributed by atoms with Crippen molar-refractivity contribution in [3.63, 3.8) is 0 Å². The Morgan fingerprint density at radius 2 is 2.21 bits per heavy atom. The Balaban J connectivity index is 2.74. The SMILES string of the molecule is COCC(C)N=C(NN)N(C)Cc1ccccc1Br. The maximum atomic E-state index is 5.53. The molecule has 0 heterocycles. The molecule has 0 radical (unpaired) electrons. The summed E-state index contributed by atoms with van der Waals surface area (Å²) >= 11 is 3.53. The number of ether oxygens (including phenoxy) is 1. The Kier molecular flexibility index (Phi) is 6.83. The van der Waals surface area contributed by atoms with Crippen LogP contribution in [-0.2, 0) is 11.3 Å². The topological polar surface area (TPSA) is 62.9 Å². The fraction of sp³-hybridized carbons (Fsp3) is 0.462. The number of rotatable bonds is 5. The van der Waals surface area contributed by atoms with Gasteiger partial charge in [0.25, 0.3) is 0 Å². The highest BCUT2D eigenvalue weighted by Crippen LogP contribution is 2.17. The lowest BCUT2D eigenvalue weighted by atomic mass is 10.2. The average Bonchev–Trinajstić information content (AvgIpc) is 2.39. The van der Waals surface area contributed by atoms with Crippen LogP contribution in [0.25, 0.3) is 0 Å². The third kappa shape index (κ3) is 5.18. The molecule has 0 aromatic heterocycles. The number of nitrogens with two attached hydrogens (primary N) is 1. The van der Waals surface area contributed by atoms with E-state index in [1.807, 2.05) is 37.1 Å². The summed E-state index contributed by atoms with van der Waals surface area (Å²) in [6, 6.07) is 8.13. The number of hydrogen-bond acceptors (Lipinski definition) is 3. The van der Waals surface area contributed by atoms with Crippen molar-refractivity contribution in [2.75, 3.05) is 20.8 Å². The average molecular weight is 329 g/mol. The number of halogens is 1. The lowest BCUT2D eigenvalue weighted by molar-refractivity contribution is 0.185. The second kappa shape index (κ2) is 8.14. The molecule has 0 saturated carbocycles. The van der Waals surface area contributed by atoms with E-state index in [-0.39, 0.29) is 6.04 Å². The van der Waals surface area contributed by atoms with Crippen LogP contribution in [0, 0.1) is 0 Å². The van der Waals surface area contributed by atoms with E-state index in [4.69, 9.17) is 10.6 Å². The lowest BCUT2D eigenvalue weighted by Crippen LogP contribution is -2.43. The summed E-state index contributed by atoms with van der Waals surface area (Å²) in [5.41, 5.74) is 3.81. The summed E-state index contributed by atoms with van der Waals surface area (Å²) in [6.45, 7) is 3.26. The molecule has 1 atom stereocenters. The second-order valence-corrected chi connectivity index (χ2v) is 5.20. The van der Waals surface area contributed by atoms with Gasteiger partial charge in [-0.25, -0.2) is 10.8 Å². The largest absolute Gasteiger partial charge is 0.382 e. The predicted molar refractivity (Wildman–Crippen MR) is 81.7 cm³/mol. The smallest absolute Gasteiger partial charge is 0.208 e. The molecule has 19 heavy (non-hydrogen) atoms. The molecule has 1 rings (SSSR count). The Morgan fingerprint density at radius 1 is 1.53 bits per heavy atom. The standard InChI is InChI=1S/C13H21BrN4O/c1-10(9-19-3)16-13(17-15)18(2)8-11-6-4-5-7-12(11)14/h4-7,10H,8-9,15H2,1-3H3,(H,16,17). The highest BCUT2D eigenvalue weighted by Gasteiger charge is 2.09. The molecule has 0 bridgehead atoms. The van der Waals surface area contributed by atoms with Crippen LogP contribution >= 0.6 is 15.9 Å². The van der Waals surface area contributed by atoms with Gasteiger partial charge in [-0.3, -0.25) is 5.43 Å². The maximum Gasteiger partial charge on any atom is 0.208 e. The summed E-state index contributed by atoms with van der Waals surface area (Å²) in [5, 5.41) is 0. The van der Waals surface area contributed by atoms with Crippen LogP contribution in [-0.4, -0.2) is 37.7 Å². The highest BCUT2D eigenvalue weighted by molar-refractivity contribution is 9.10. The van der Waals surface area contributed by atoms with Crippen LogP contribution in [0.5, 0.6) is 0 Å². The van der Waals surface area contributed by atoms with Crippen LogP contribution in [0.3, 0.4) is 0 Å². The highest BCUT2D eigenvalue weighted by atomic mass is 79.9. The molecule has 1 unspecified atom stereocenters. The summed E-state index contributed by atoms with van der Waals surface area (Å²) < 4.78 is 6.14. The summed E-state index contributed by atoms with van der Waals surface area (Å²) in [5.74, 6) is 6.17. The van der Waals surface area contributed by atoms with Gasteiger partial charge in [0.15, 0.2) is 0 Å². The number of guanidine groups is 1. The molecular formula is C13H21BrN4O. The number of nitrogens with zero attached hydrogens (tertiary/aromatic N) is 2. The van der Waals surface area contributed by atoms with E-state index < -0.39 is 0 Å². The molecule has 1 aromatic rings. The lowest BCUT2D eigenvalue weighted by Gasteiger charge is -2.22. The normalized spacial score (nSPS) is 13.2. The number of hydrogen-bond donors (Lipinski definition) is 2. The predicted octanol–water partition coefficient (Wildman–Crippen LogP) is 1.74. The molecule has 1 aromatic carbocycles. The Hall–Kier alpha value is -1.11. The van der Waals surface area contributed by atoms with Gasteiger partial charge in [-0.1, -0.05) is 34.1 Å². The van der Waals surface area contributed by atoms with Gasteiger partial charge in [-0.15, -0.1) is 0 Å². The summed E-state index contributed by atoms with van der Waals surface area (Å²) in [6.07, 6.45) is 0. The molecule has 0 aliphatic rings. The third-order valence-corrected chi connectivity index (χ3v) is 3.38. The third-order valence-electron chi connectivity index (χ3n) is 2.61. The van der Waals surface area contributed by atoms with Crippen molar-refractivity contribution < 1.29 is 4.74 Å². The first-order valence-corrected chi connectivity index (χ1v) is 6.85. The minimum absolute atomic E-state index is 0.0534. The van der Waals surface area contributed by atoms with Crippen molar-refractivity contribution in [3.05, 3.63) is 34.3 Å². The van der Waals surface area contributed by atoms with Crippen molar-refractivity contribution in [3.8, 4) is 0 Å². The molecular weight excluding hydrogens is 308 g/mol. The summed E-state index contributed by atoms with van der Waals surface area (Å²) in [4.78, 5) is 6.44. The van der Waals surface area contributed by atoms with Gasteiger partial charge in [-0.05, 0) is 18.6 Å². The van der Waals surface area contributed by atoms with Crippen molar-refractivity contribution in [1.82, 2.24) is 10.3 Å². The number of methoxy groups -OCH3 is 1. The molecule has 3 N–H and O–H groups in total. The number of aliphatic imine (C=N–C) groups is 1. The van der Waals surface area contributed by atoms with Gasteiger partial charge in [0, 0.05) is 25.2 Å². The monoisotopic (exact) mass is 328 g/mol. The van der Waals surface area contributed by atoms with Crippen LogP contribution in [0.2, 0.25) is 0 Å². The van der Waals surface area contributed by atoms with E-state index in [1.54, 1.807) is 7.11 Å². The maximum absolute atomic E-state index is 5.53. The minimum Gasteiger partial charge on any atom is -0.382 e. The fourth-order valence-corrected chi connectivity index (χ4v) is 2.10. The first-order chi connectivity index (χ1) is 9.08. The van der Waals surface area contributed by atoms with Gasteiger partial charge in [0.2, 0.25) is 5.96 Å². The van der Waals surface area contributed by atoms with Crippen LogP contribution in [0.4, 0.5) is 0 Å². The first-order valence-electron chi connectivity index (χ1n) is 6.06. The van der Waals surface area contributed by atoms with Crippen LogP contribution in [0.1, 0.15) is 12.5 Å². The molecule has 5 nitrogen and oxygen atoms in total. The zero-order valence-corrected chi connectivity index (χ0v) is 13.1. The van der Waals surface area contributed by atoms with E-state index in [0.717, 1.165) is 4.47 Å². The minimum atomic E-state index is 0.0534. The molecule has 106 valence electrons. The Bertz CT molecular complexity index is 425. The van der Waals surface area contributed by atoms with Crippen molar-refractivity contribution in [2.45, 2.75) is 19.5 Å². The molecule has 0 aliphatic carbocycles. The van der Waals surface area contributed by atoms with Crippen molar-refractivity contribution >= 4 is 21.9 Å². The van der Waals surface area contributed by atoms with Crippen LogP contribution < -0.4 is 11.3 Å². The van der Waals surface area contributed by atoms with E-state index in [0.29, 0.717) is 19.1 Å². The molecule has 0 fully saturated rings. The van der Waals surface area contributed by atoms with E-state index in [9.17, 15) is 0 Å². The van der Waals surface area contributed by atoms with Crippen molar-refractivity contribution in [1.29, 1.82) is 0 Å². The number of benzene rings is 1. The zero-order valence-electron chi connectivity index (χ0n) is 11.6. The molecule has 0 amide bonds. The van der Waals surface area contributed by atoms with Gasteiger partial charge in [0.1, 0.15) is 0 Å². The van der Waals surface area contributed by atoms with Crippen molar-refractivity contribution in [2.24, 2.45) is 10.8 Å². The van der Waals surface area contributed by atoms with Gasteiger partial charge < -0.3 is 9.64 Å². The molecule has 0 aliphatic heterocycles. The molecule has 6 heteroatoms. The Labute approximate surface area is 122 Å². The molecule has 0 spiro atoms.